The van der Waals surface area contributed by atoms with E-state index in [1.807, 2.05) is 18.7 Å². The second-order valence-corrected chi connectivity index (χ2v) is 7.53. The Kier molecular flexibility index (Phi) is 4.84. The number of aromatic amines is 2. The fourth-order valence-corrected chi connectivity index (χ4v) is 3.71. The number of nitrogens with zero attached hydrogens (tertiary/aromatic N) is 2. The van der Waals surface area contributed by atoms with Crippen LogP contribution in [-0.2, 0) is 4.79 Å². The third-order valence-corrected chi connectivity index (χ3v) is 5.23. The van der Waals surface area contributed by atoms with Gasteiger partial charge < -0.3 is 14.8 Å². The minimum absolute atomic E-state index is 0.00221. The molecule has 0 bridgehead atoms. The molecule has 1 spiro atoms. The van der Waals surface area contributed by atoms with E-state index in [0.717, 1.165) is 25.5 Å². The molecular formula is C18H24N4O4. The molecule has 8 nitrogen and oxygen atoms in total. The van der Waals surface area contributed by atoms with E-state index in [9.17, 15) is 19.2 Å². The van der Waals surface area contributed by atoms with Gasteiger partial charge in [0.25, 0.3) is 11.5 Å². The standard InChI is InChI=1S/C18H24N4O4/c1-12(2)3-6-22-11-18(10-15(22)24)4-7-21(8-5-18)16(25)13-9-14(23)20-17(26)19-13/h3,9H,4-8,10-11H2,1-2H3,(H2,19,20,23,26). The van der Waals surface area contributed by atoms with E-state index in [4.69, 9.17) is 0 Å². The number of nitrogens with one attached hydrogen (secondary N) is 2. The third-order valence-electron chi connectivity index (χ3n) is 5.23. The summed E-state index contributed by atoms with van der Waals surface area (Å²) >= 11 is 0. The lowest BCUT2D eigenvalue weighted by atomic mass is 9.77. The molecule has 26 heavy (non-hydrogen) atoms. The molecule has 2 aliphatic rings. The Balaban J connectivity index is 1.65. The molecule has 3 rings (SSSR count). The molecule has 2 saturated heterocycles. The van der Waals surface area contributed by atoms with Gasteiger partial charge in [-0.1, -0.05) is 11.6 Å². The Bertz CT molecular complexity index is 826. The van der Waals surface area contributed by atoms with Gasteiger partial charge in [0.15, 0.2) is 0 Å². The first-order valence-corrected chi connectivity index (χ1v) is 8.82. The van der Waals surface area contributed by atoms with Gasteiger partial charge in [-0.3, -0.25) is 19.4 Å². The molecule has 2 N–H and O–H groups in total. The van der Waals surface area contributed by atoms with Crippen molar-refractivity contribution >= 4 is 11.8 Å². The normalized spacial score (nSPS) is 19.1. The topological polar surface area (TPSA) is 106 Å². The number of aromatic nitrogens is 2. The Morgan fingerprint density at radius 1 is 1.19 bits per heavy atom. The fourth-order valence-electron chi connectivity index (χ4n) is 3.71. The monoisotopic (exact) mass is 360 g/mol. The minimum Gasteiger partial charge on any atom is -0.338 e. The van der Waals surface area contributed by atoms with Crippen LogP contribution < -0.4 is 11.2 Å². The van der Waals surface area contributed by atoms with Gasteiger partial charge in [0.1, 0.15) is 5.69 Å². The molecular weight excluding hydrogens is 336 g/mol. The molecule has 140 valence electrons. The summed E-state index contributed by atoms with van der Waals surface area (Å²) in [4.78, 5) is 55.5. The number of hydrogen-bond acceptors (Lipinski definition) is 4. The molecule has 8 heteroatoms. The smallest absolute Gasteiger partial charge is 0.326 e. The average Bonchev–Trinajstić information content (AvgIpc) is 2.87. The largest absolute Gasteiger partial charge is 0.338 e. The van der Waals surface area contributed by atoms with Crippen molar-refractivity contribution in [2.24, 2.45) is 5.41 Å². The van der Waals surface area contributed by atoms with E-state index in [1.165, 1.54) is 5.57 Å². The van der Waals surface area contributed by atoms with Crippen LogP contribution in [0.4, 0.5) is 0 Å². The predicted molar refractivity (Wildman–Crippen MR) is 95.9 cm³/mol. The second kappa shape index (κ2) is 6.93. The van der Waals surface area contributed by atoms with Gasteiger partial charge in [0.2, 0.25) is 5.91 Å². The molecule has 0 aliphatic carbocycles. The van der Waals surface area contributed by atoms with Crippen molar-refractivity contribution in [2.75, 3.05) is 26.2 Å². The molecule has 2 fully saturated rings. The SMILES string of the molecule is CC(C)=CCN1CC2(CCN(C(=O)c3cc(=O)[nH]c(=O)[nH]3)CC2)CC1=O. The molecule has 0 atom stereocenters. The number of carbonyl (C=O) groups excluding carboxylic acids is 2. The summed E-state index contributed by atoms with van der Waals surface area (Å²) in [6, 6.07) is 1.11. The summed E-state index contributed by atoms with van der Waals surface area (Å²) in [5.74, 6) is -0.185. The van der Waals surface area contributed by atoms with Crippen LogP contribution in [0, 0.1) is 5.41 Å². The van der Waals surface area contributed by atoms with Crippen molar-refractivity contribution in [3.05, 3.63) is 44.2 Å². The Labute approximate surface area is 150 Å². The minimum atomic E-state index is -0.689. The number of piperidine rings is 1. The van der Waals surface area contributed by atoms with Crippen molar-refractivity contribution in [1.82, 2.24) is 19.8 Å². The van der Waals surface area contributed by atoms with Gasteiger partial charge in [-0.05, 0) is 26.7 Å². The summed E-state index contributed by atoms with van der Waals surface area (Å²) in [7, 11) is 0. The van der Waals surface area contributed by atoms with Crippen LogP contribution in [-0.4, -0.2) is 57.8 Å². The van der Waals surface area contributed by atoms with Crippen LogP contribution in [0.25, 0.3) is 0 Å². The lowest BCUT2D eigenvalue weighted by Gasteiger charge is -2.38. The van der Waals surface area contributed by atoms with Crippen molar-refractivity contribution < 1.29 is 9.59 Å². The first-order valence-electron chi connectivity index (χ1n) is 8.82. The highest BCUT2D eigenvalue weighted by Gasteiger charge is 2.45. The molecule has 0 saturated carbocycles. The summed E-state index contributed by atoms with van der Waals surface area (Å²) in [5.41, 5.74) is -0.175. The Morgan fingerprint density at radius 3 is 2.50 bits per heavy atom. The molecule has 0 unspecified atom stereocenters. The number of allylic oxidation sites excluding steroid dienone is 1. The van der Waals surface area contributed by atoms with Crippen molar-refractivity contribution in [2.45, 2.75) is 33.1 Å². The van der Waals surface area contributed by atoms with Crippen LogP contribution in [0.3, 0.4) is 0 Å². The van der Waals surface area contributed by atoms with Crippen LogP contribution in [0.1, 0.15) is 43.6 Å². The van der Waals surface area contributed by atoms with Crippen LogP contribution >= 0.6 is 0 Å². The maximum Gasteiger partial charge on any atom is 0.326 e. The first kappa shape index (κ1) is 18.2. The van der Waals surface area contributed by atoms with E-state index in [1.54, 1.807) is 4.90 Å². The van der Waals surface area contributed by atoms with Gasteiger partial charge in [-0.2, -0.15) is 0 Å². The number of likely N-dealkylation sites (tertiary alicyclic amines) is 2. The summed E-state index contributed by atoms with van der Waals surface area (Å²) in [5, 5.41) is 0. The van der Waals surface area contributed by atoms with Crippen molar-refractivity contribution in [1.29, 1.82) is 0 Å². The van der Waals surface area contributed by atoms with E-state index < -0.39 is 11.2 Å². The molecule has 0 aromatic carbocycles. The number of amides is 2. The van der Waals surface area contributed by atoms with E-state index in [2.05, 4.69) is 16.0 Å². The first-order chi connectivity index (χ1) is 12.3. The number of rotatable bonds is 3. The molecule has 3 heterocycles. The highest BCUT2D eigenvalue weighted by Crippen LogP contribution is 2.41. The Morgan fingerprint density at radius 2 is 1.88 bits per heavy atom. The van der Waals surface area contributed by atoms with Gasteiger partial charge in [0.05, 0.1) is 0 Å². The predicted octanol–water partition coefficient (Wildman–Crippen LogP) is 0.484. The third kappa shape index (κ3) is 3.79. The van der Waals surface area contributed by atoms with Gasteiger partial charge in [-0.25, -0.2) is 4.79 Å². The maximum atomic E-state index is 12.5. The molecule has 0 radical (unpaired) electrons. The van der Waals surface area contributed by atoms with Gasteiger partial charge in [-0.15, -0.1) is 0 Å². The number of H-pyrrole nitrogens is 2. The lowest BCUT2D eigenvalue weighted by molar-refractivity contribution is -0.127. The second-order valence-electron chi connectivity index (χ2n) is 7.53. The summed E-state index contributed by atoms with van der Waals surface area (Å²) in [6.07, 6.45) is 4.05. The van der Waals surface area contributed by atoms with Crippen LogP contribution in [0.2, 0.25) is 0 Å². The van der Waals surface area contributed by atoms with Crippen molar-refractivity contribution in [3.63, 3.8) is 0 Å². The maximum absolute atomic E-state index is 12.5. The zero-order chi connectivity index (χ0) is 18.9. The Hall–Kier alpha value is -2.64. The lowest BCUT2D eigenvalue weighted by Crippen LogP contribution is -2.45. The summed E-state index contributed by atoms with van der Waals surface area (Å²) in [6.45, 7) is 6.41. The number of hydrogen-bond donors (Lipinski definition) is 2. The molecule has 2 aliphatic heterocycles. The quantitative estimate of drug-likeness (QED) is 0.765. The highest BCUT2D eigenvalue weighted by atomic mass is 16.2. The zero-order valence-electron chi connectivity index (χ0n) is 15.1. The molecule has 1 aromatic rings. The average molecular weight is 360 g/mol. The van der Waals surface area contributed by atoms with Gasteiger partial charge in [0, 0.05) is 44.1 Å². The van der Waals surface area contributed by atoms with E-state index >= 15 is 0 Å². The zero-order valence-corrected chi connectivity index (χ0v) is 15.1. The fraction of sp³-hybridized carbons (Fsp3) is 0.556. The van der Waals surface area contributed by atoms with Crippen LogP contribution in [0.15, 0.2) is 27.3 Å². The number of carbonyl (C=O) groups is 2. The van der Waals surface area contributed by atoms with E-state index in [0.29, 0.717) is 26.1 Å². The molecule has 2 amide bonds. The van der Waals surface area contributed by atoms with Crippen molar-refractivity contribution in [3.8, 4) is 0 Å². The van der Waals surface area contributed by atoms with Gasteiger partial charge >= 0.3 is 5.69 Å². The van der Waals surface area contributed by atoms with Crippen LogP contribution in [0.5, 0.6) is 0 Å². The highest BCUT2D eigenvalue weighted by molar-refractivity contribution is 5.92. The molecule has 1 aromatic heterocycles. The summed E-state index contributed by atoms with van der Waals surface area (Å²) < 4.78 is 0. The van der Waals surface area contributed by atoms with E-state index in [-0.39, 0.29) is 22.9 Å².